The van der Waals surface area contributed by atoms with E-state index in [4.69, 9.17) is 10.5 Å². The molecule has 0 aliphatic heterocycles. The molecule has 0 saturated carbocycles. The summed E-state index contributed by atoms with van der Waals surface area (Å²) in [6.45, 7) is 2.00. The van der Waals surface area contributed by atoms with Crippen molar-refractivity contribution in [1.82, 2.24) is 4.90 Å². The Morgan fingerprint density at radius 2 is 1.67 bits per heavy atom. The van der Waals surface area contributed by atoms with Gasteiger partial charge in [-0.1, -0.05) is 58.4 Å². The molecule has 21 heavy (non-hydrogen) atoms. The zero-order valence-electron chi connectivity index (χ0n) is 12.2. The highest BCUT2D eigenvalue weighted by atomic mass is 79.9. The first kappa shape index (κ1) is 16.2. The van der Waals surface area contributed by atoms with Gasteiger partial charge in [-0.3, -0.25) is 4.90 Å². The molecule has 2 N–H and O–H groups in total. The third-order valence-corrected chi connectivity index (χ3v) is 3.87. The number of nitrogens with zero attached hydrogens (tertiary/aromatic N) is 1. The molecule has 0 bridgehead atoms. The molecule has 4 heteroatoms. The summed E-state index contributed by atoms with van der Waals surface area (Å²) in [7, 11) is 1.99. The third kappa shape index (κ3) is 4.93. The van der Waals surface area contributed by atoms with Crippen LogP contribution >= 0.6 is 15.9 Å². The summed E-state index contributed by atoms with van der Waals surface area (Å²) in [5.74, 6) is 0. The van der Waals surface area contributed by atoms with Crippen molar-refractivity contribution in [3.05, 3.63) is 70.2 Å². The van der Waals surface area contributed by atoms with Gasteiger partial charge in [-0.15, -0.1) is 0 Å². The highest BCUT2D eigenvalue weighted by Gasteiger charge is 2.14. The Kier molecular flexibility index (Phi) is 6.39. The molecule has 2 rings (SSSR count). The number of benzene rings is 2. The van der Waals surface area contributed by atoms with Crippen LogP contribution in [0.1, 0.15) is 17.2 Å². The first-order valence-electron chi connectivity index (χ1n) is 7.01. The van der Waals surface area contributed by atoms with Crippen molar-refractivity contribution < 1.29 is 4.74 Å². The van der Waals surface area contributed by atoms with Crippen molar-refractivity contribution in [3.8, 4) is 0 Å². The predicted molar refractivity (Wildman–Crippen MR) is 90.1 cm³/mol. The van der Waals surface area contributed by atoms with Gasteiger partial charge in [-0.2, -0.15) is 0 Å². The predicted octanol–water partition coefficient (Wildman–Crippen LogP) is 3.40. The largest absolute Gasteiger partial charge is 0.367 e. The number of likely N-dealkylation sites (N-methyl/N-ethyl adjacent to an activating group) is 1. The zero-order valence-corrected chi connectivity index (χ0v) is 13.8. The second-order valence-electron chi connectivity index (χ2n) is 4.98. The molecule has 0 aromatic heterocycles. The van der Waals surface area contributed by atoms with E-state index in [0.717, 1.165) is 22.1 Å². The minimum absolute atomic E-state index is 0.0505. The van der Waals surface area contributed by atoms with Crippen molar-refractivity contribution in [2.24, 2.45) is 5.73 Å². The van der Waals surface area contributed by atoms with Gasteiger partial charge < -0.3 is 10.5 Å². The second kappa shape index (κ2) is 8.29. The maximum atomic E-state index is 6.11. The number of ether oxygens (including phenoxy) is 1. The van der Waals surface area contributed by atoms with Gasteiger partial charge in [-0.05, 0) is 30.3 Å². The molecule has 0 radical (unpaired) electrons. The molecule has 0 fully saturated rings. The quantitative estimate of drug-likeness (QED) is 0.779. The van der Waals surface area contributed by atoms with Crippen LogP contribution in [0.25, 0.3) is 0 Å². The molecule has 0 spiro atoms. The summed E-state index contributed by atoms with van der Waals surface area (Å²) in [6.07, 6.45) is -0.0505. The van der Waals surface area contributed by atoms with E-state index in [9.17, 15) is 0 Å². The molecule has 2 aromatic rings. The minimum atomic E-state index is -0.0505. The molecule has 3 nitrogen and oxygen atoms in total. The fourth-order valence-electron chi connectivity index (χ4n) is 2.07. The van der Waals surface area contributed by atoms with Gasteiger partial charge in [0.05, 0.1) is 6.61 Å². The van der Waals surface area contributed by atoms with Gasteiger partial charge in [-0.25, -0.2) is 0 Å². The molecule has 0 saturated heterocycles. The van der Waals surface area contributed by atoms with Crippen LogP contribution in [0.5, 0.6) is 0 Å². The number of rotatable bonds is 7. The number of hydrogen-bond acceptors (Lipinski definition) is 3. The van der Waals surface area contributed by atoms with Gasteiger partial charge in [0.25, 0.3) is 0 Å². The van der Waals surface area contributed by atoms with E-state index >= 15 is 0 Å². The lowest BCUT2D eigenvalue weighted by Crippen LogP contribution is -2.29. The van der Waals surface area contributed by atoms with Crippen molar-refractivity contribution >= 4 is 15.9 Å². The van der Waals surface area contributed by atoms with Gasteiger partial charge in [0, 0.05) is 17.7 Å². The Labute approximate surface area is 134 Å². The van der Waals surface area contributed by atoms with Gasteiger partial charge in [0.2, 0.25) is 0 Å². The summed E-state index contributed by atoms with van der Waals surface area (Å²) < 4.78 is 7.18. The fourth-order valence-corrected chi connectivity index (χ4v) is 2.33. The molecule has 0 heterocycles. The SMILES string of the molecule is CN(CN)CCOC(c1ccccc1)c1ccc(Br)cc1. The molecular formula is C17H21BrN2O. The lowest BCUT2D eigenvalue weighted by atomic mass is 10.0. The Morgan fingerprint density at radius 3 is 2.29 bits per heavy atom. The molecule has 0 amide bonds. The van der Waals surface area contributed by atoms with E-state index in [1.54, 1.807) is 0 Å². The van der Waals surface area contributed by atoms with Gasteiger partial charge >= 0.3 is 0 Å². The Bertz CT molecular complexity index is 530. The molecule has 0 aliphatic rings. The molecular weight excluding hydrogens is 328 g/mol. The van der Waals surface area contributed by atoms with Crippen molar-refractivity contribution in [1.29, 1.82) is 0 Å². The van der Waals surface area contributed by atoms with Crippen LogP contribution in [0.15, 0.2) is 59.1 Å². The van der Waals surface area contributed by atoms with Crippen molar-refractivity contribution in [2.45, 2.75) is 6.10 Å². The van der Waals surface area contributed by atoms with Crippen LogP contribution < -0.4 is 5.73 Å². The molecule has 2 aromatic carbocycles. The fraction of sp³-hybridized carbons (Fsp3) is 0.294. The van der Waals surface area contributed by atoms with Crippen LogP contribution in [0.3, 0.4) is 0 Å². The normalized spacial score (nSPS) is 12.6. The van der Waals surface area contributed by atoms with E-state index < -0.39 is 0 Å². The minimum Gasteiger partial charge on any atom is -0.367 e. The number of halogens is 1. The van der Waals surface area contributed by atoms with Crippen LogP contribution in [0.2, 0.25) is 0 Å². The highest BCUT2D eigenvalue weighted by molar-refractivity contribution is 9.10. The van der Waals surface area contributed by atoms with E-state index in [0.29, 0.717) is 13.3 Å². The summed E-state index contributed by atoms with van der Waals surface area (Å²) in [4.78, 5) is 2.03. The lowest BCUT2D eigenvalue weighted by Gasteiger charge is -2.21. The smallest absolute Gasteiger partial charge is 0.108 e. The first-order valence-corrected chi connectivity index (χ1v) is 7.80. The highest BCUT2D eigenvalue weighted by Crippen LogP contribution is 2.27. The topological polar surface area (TPSA) is 38.5 Å². The van der Waals surface area contributed by atoms with E-state index in [2.05, 4.69) is 40.2 Å². The monoisotopic (exact) mass is 348 g/mol. The maximum absolute atomic E-state index is 6.11. The van der Waals surface area contributed by atoms with E-state index in [1.807, 2.05) is 42.3 Å². The molecule has 1 atom stereocenters. The first-order chi connectivity index (χ1) is 10.2. The standard InChI is InChI=1S/C17H21BrN2O/c1-20(13-19)11-12-21-17(14-5-3-2-4-6-14)15-7-9-16(18)10-8-15/h2-10,17H,11-13,19H2,1H3. The third-order valence-electron chi connectivity index (χ3n) is 3.34. The summed E-state index contributed by atoms with van der Waals surface area (Å²) in [6, 6.07) is 18.6. The lowest BCUT2D eigenvalue weighted by molar-refractivity contribution is 0.0652. The van der Waals surface area contributed by atoms with Gasteiger partial charge in [0.1, 0.15) is 6.10 Å². The van der Waals surface area contributed by atoms with Crippen molar-refractivity contribution in [3.63, 3.8) is 0 Å². The Balaban J connectivity index is 2.13. The molecule has 112 valence electrons. The van der Waals surface area contributed by atoms with Crippen LogP contribution in [-0.2, 0) is 4.74 Å². The average Bonchev–Trinajstić information content (AvgIpc) is 2.53. The summed E-state index contributed by atoms with van der Waals surface area (Å²) >= 11 is 3.47. The van der Waals surface area contributed by atoms with E-state index in [1.165, 1.54) is 0 Å². The zero-order chi connectivity index (χ0) is 15.1. The summed E-state index contributed by atoms with van der Waals surface area (Å²) in [5, 5.41) is 0. The number of nitrogens with two attached hydrogens (primary N) is 1. The van der Waals surface area contributed by atoms with E-state index in [-0.39, 0.29) is 6.10 Å². The van der Waals surface area contributed by atoms with Gasteiger partial charge in [0.15, 0.2) is 0 Å². The molecule has 1 unspecified atom stereocenters. The Morgan fingerprint density at radius 1 is 1.05 bits per heavy atom. The van der Waals surface area contributed by atoms with Crippen LogP contribution in [0, 0.1) is 0 Å². The summed E-state index contributed by atoms with van der Waals surface area (Å²) in [5.41, 5.74) is 7.91. The molecule has 0 aliphatic carbocycles. The second-order valence-corrected chi connectivity index (χ2v) is 5.89. The van der Waals surface area contributed by atoms with Crippen LogP contribution in [0.4, 0.5) is 0 Å². The van der Waals surface area contributed by atoms with Crippen LogP contribution in [-0.4, -0.2) is 31.8 Å². The Hall–Kier alpha value is -1.20. The van der Waals surface area contributed by atoms with Crippen molar-refractivity contribution in [2.75, 3.05) is 26.9 Å². The maximum Gasteiger partial charge on any atom is 0.108 e. The average molecular weight is 349 g/mol. The number of hydrogen-bond donors (Lipinski definition) is 1.